The topological polar surface area (TPSA) is 44.0 Å². The smallest absolute Gasteiger partial charge is 0.126 e. The van der Waals surface area contributed by atoms with E-state index < -0.39 is 11.0 Å². The molecule has 94 valence electrons. The van der Waals surface area contributed by atoms with Gasteiger partial charge in [0.25, 0.3) is 0 Å². The van der Waals surface area contributed by atoms with E-state index in [1.54, 1.807) is 12.1 Å². The second-order valence-corrected chi connectivity index (χ2v) is 5.53. The quantitative estimate of drug-likeness (QED) is 0.826. The van der Waals surface area contributed by atoms with E-state index in [-0.39, 0.29) is 5.82 Å². The fraction of sp³-hybridized carbons (Fsp3) is 0.533. The predicted octanol–water partition coefficient (Wildman–Crippen LogP) is 3.04. The lowest BCUT2D eigenvalue weighted by Gasteiger charge is -2.38. The second-order valence-electron chi connectivity index (χ2n) is 5.53. The molecule has 1 N–H and O–H groups in total. The molecule has 1 unspecified atom stereocenters. The van der Waals surface area contributed by atoms with Crippen molar-refractivity contribution in [2.45, 2.75) is 44.1 Å². The maximum atomic E-state index is 13.8. The SMILES string of the molecule is N#CC1(C2(O)CCc3c(F)cccc32)CCCC1. The molecule has 1 saturated carbocycles. The van der Waals surface area contributed by atoms with Crippen molar-refractivity contribution in [3.63, 3.8) is 0 Å². The largest absolute Gasteiger partial charge is 0.383 e. The Labute approximate surface area is 106 Å². The summed E-state index contributed by atoms with van der Waals surface area (Å²) in [6.45, 7) is 0. The third-order valence-corrected chi connectivity index (χ3v) is 4.76. The van der Waals surface area contributed by atoms with Crippen LogP contribution in [0, 0.1) is 22.6 Å². The highest BCUT2D eigenvalue weighted by Crippen LogP contribution is 2.56. The van der Waals surface area contributed by atoms with Crippen LogP contribution in [0.15, 0.2) is 18.2 Å². The van der Waals surface area contributed by atoms with E-state index in [1.165, 1.54) is 6.07 Å². The number of halogens is 1. The van der Waals surface area contributed by atoms with Gasteiger partial charge in [0.1, 0.15) is 11.4 Å². The molecular weight excluding hydrogens is 229 g/mol. The van der Waals surface area contributed by atoms with Crippen LogP contribution in [-0.4, -0.2) is 5.11 Å². The fourth-order valence-corrected chi connectivity index (χ4v) is 3.73. The summed E-state index contributed by atoms with van der Waals surface area (Å²) in [6.07, 6.45) is 4.38. The zero-order valence-electron chi connectivity index (χ0n) is 10.2. The average molecular weight is 245 g/mol. The molecule has 2 aliphatic carbocycles. The van der Waals surface area contributed by atoms with E-state index in [2.05, 4.69) is 6.07 Å². The van der Waals surface area contributed by atoms with E-state index in [0.717, 1.165) is 25.7 Å². The molecule has 3 heteroatoms. The highest BCUT2D eigenvalue weighted by Gasteiger charge is 2.56. The monoisotopic (exact) mass is 245 g/mol. The van der Waals surface area contributed by atoms with E-state index in [1.807, 2.05) is 0 Å². The summed E-state index contributed by atoms with van der Waals surface area (Å²) in [5.41, 5.74) is -0.630. The van der Waals surface area contributed by atoms with Crippen molar-refractivity contribution in [3.8, 4) is 6.07 Å². The summed E-state index contributed by atoms with van der Waals surface area (Å²) in [6, 6.07) is 7.19. The Morgan fingerprint density at radius 3 is 2.61 bits per heavy atom. The first kappa shape index (κ1) is 11.7. The van der Waals surface area contributed by atoms with Gasteiger partial charge in [-0.15, -0.1) is 0 Å². The zero-order valence-corrected chi connectivity index (χ0v) is 10.2. The Kier molecular flexibility index (Phi) is 2.46. The predicted molar refractivity (Wildman–Crippen MR) is 65.1 cm³/mol. The van der Waals surface area contributed by atoms with Crippen LogP contribution in [-0.2, 0) is 12.0 Å². The van der Waals surface area contributed by atoms with E-state index in [4.69, 9.17) is 0 Å². The average Bonchev–Trinajstić information content (AvgIpc) is 2.98. The van der Waals surface area contributed by atoms with Crippen molar-refractivity contribution < 1.29 is 9.50 Å². The second kappa shape index (κ2) is 3.80. The van der Waals surface area contributed by atoms with Crippen LogP contribution in [0.5, 0.6) is 0 Å². The summed E-state index contributed by atoms with van der Waals surface area (Å²) in [5.74, 6) is -0.255. The maximum absolute atomic E-state index is 13.8. The number of aliphatic hydroxyl groups is 1. The Morgan fingerprint density at radius 1 is 1.22 bits per heavy atom. The molecule has 0 saturated heterocycles. The van der Waals surface area contributed by atoms with Crippen LogP contribution in [0.25, 0.3) is 0 Å². The Morgan fingerprint density at radius 2 is 1.94 bits per heavy atom. The van der Waals surface area contributed by atoms with Crippen molar-refractivity contribution in [3.05, 3.63) is 35.1 Å². The summed E-state index contributed by atoms with van der Waals surface area (Å²) < 4.78 is 13.8. The molecular formula is C15H16FNO. The molecule has 1 aromatic carbocycles. The van der Waals surface area contributed by atoms with Crippen molar-refractivity contribution in [1.29, 1.82) is 5.26 Å². The van der Waals surface area contributed by atoms with Gasteiger partial charge < -0.3 is 5.11 Å². The van der Waals surface area contributed by atoms with Crippen molar-refractivity contribution in [2.75, 3.05) is 0 Å². The van der Waals surface area contributed by atoms with Crippen LogP contribution >= 0.6 is 0 Å². The molecule has 0 aromatic heterocycles. The molecule has 3 rings (SSSR count). The zero-order chi connectivity index (χ0) is 12.8. The van der Waals surface area contributed by atoms with Gasteiger partial charge in [-0.3, -0.25) is 0 Å². The lowest BCUT2D eigenvalue weighted by atomic mass is 9.68. The van der Waals surface area contributed by atoms with Gasteiger partial charge in [-0.2, -0.15) is 5.26 Å². The Hall–Kier alpha value is -1.40. The third kappa shape index (κ3) is 1.30. The fourth-order valence-electron chi connectivity index (χ4n) is 3.73. The first-order valence-corrected chi connectivity index (χ1v) is 6.54. The normalized spacial score (nSPS) is 28.9. The molecule has 1 atom stereocenters. The molecule has 0 spiro atoms. The minimum atomic E-state index is -1.16. The van der Waals surface area contributed by atoms with Crippen LogP contribution in [0.4, 0.5) is 4.39 Å². The number of nitriles is 1. The van der Waals surface area contributed by atoms with Crippen LogP contribution in [0.3, 0.4) is 0 Å². The Balaban J connectivity index is 2.15. The first-order valence-electron chi connectivity index (χ1n) is 6.54. The summed E-state index contributed by atoms with van der Waals surface area (Å²) in [7, 11) is 0. The van der Waals surface area contributed by atoms with Gasteiger partial charge >= 0.3 is 0 Å². The minimum absolute atomic E-state index is 0.255. The van der Waals surface area contributed by atoms with Crippen molar-refractivity contribution in [1.82, 2.24) is 0 Å². The number of rotatable bonds is 1. The molecule has 0 bridgehead atoms. The van der Waals surface area contributed by atoms with Gasteiger partial charge in [0, 0.05) is 0 Å². The van der Waals surface area contributed by atoms with E-state index >= 15 is 0 Å². The number of benzene rings is 1. The van der Waals surface area contributed by atoms with Gasteiger partial charge in [-0.05, 0) is 42.9 Å². The number of nitrogens with zero attached hydrogens (tertiary/aromatic N) is 1. The number of hydrogen-bond donors (Lipinski definition) is 1. The van der Waals surface area contributed by atoms with Gasteiger partial charge in [-0.1, -0.05) is 25.0 Å². The van der Waals surface area contributed by atoms with E-state index in [9.17, 15) is 14.8 Å². The standard InChI is InChI=1S/C15H16FNO/c16-13-5-3-4-12-11(13)6-9-15(12,18)14(10-17)7-1-2-8-14/h3-5,18H,1-2,6-9H2. The van der Waals surface area contributed by atoms with E-state index in [0.29, 0.717) is 24.0 Å². The number of fused-ring (bicyclic) bond motifs is 1. The van der Waals surface area contributed by atoms with Crippen molar-refractivity contribution >= 4 is 0 Å². The molecule has 0 heterocycles. The molecule has 1 aromatic rings. The highest BCUT2D eigenvalue weighted by atomic mass is 19.1. The number of hydrogen-bond acceptors (Lipinski definition) is 2. The highest BCUT2D eigenvalue weighted by molar-refractivity contribution is 5.42. The molecule has 2 nitrogen and oxygen atoms in total. The summed E-state index contributed by atoms with van der Waals surface area (Å²) in [5, 5.41) is 20.6. The first-order chi connectivity index (χ1) is 8.63. The molecule has 18 heavy (non-hydrogen) atoms. The van der Waals surface area contributed by atoms with Crippen molar-refractivity contribution in [2.24, 2.45) is 5.41 Å². The van der Waals surface area contributed by atoms with Gasteiger partial charge in [0.15, 0.2) is 0 Å². The molecule has 2 aliphatic rings. The van der Waals surface area contributed by atoms with Gasteiger partial charge in [0.2, 0.25) is 0 Å². The summed E-state index contributed by atoms with van der Waals surface area (Å²) >= 11 is 0. The molecule has 0 aliphatic heterocycles. The summed E-state index contributed by atoms with van der Waals surface area (Å²) in [4.78, 5) is 0. The lowest BCUT2D eigenvalue weighted by molar-refractivity contribution is -0.0575. The van der Waals surface area contributed by atoms with Gasteiger partial charge in [-0.25, -0.2) is 4.39 Å². The molecule has 0 radical (unpaired) electrons. The van der Waals surface area contributed by atoms with Gasteiger partial charge in [0.05, 0.1) is 11.5 Å². The maximum Gasteiger partial charge on any atom is 0.126 e. The minimum Gasteiger partial charge on any atom is -0.383 e. The third-order valence-electron chi connectivity index (χ3n) is 4.76. The molecule has 0 amide bonds. The van der Waals surface area contributed by atoms with Crippen LogP contribution in [0.1, 0.15) is 43.2 Å². The van der Waals surface area contributed by atoms with Crippen LogP contribution in [0.2, 0.25) is 0 Å². The Bertz CT molecular complexity index is 528. The van der Waals surface area contributed by atoms with Crippen LogP contribution < -0.4 is 0 Å². The lowest BCUT2D eigenvalue weighted by Crippen LogP contribution is -2.41. The molecule has 1 fully saturated rings.